The van der Waals surface area contributed by atoms with Crippen LogP contribution in [-0.2, 0) is 0 Å². The first-order chi connectivity index (χ1) is 10.3. The van der Waals surface area contributed by atoms with E-state index < -0.39 is 0 Å². The van der Waals surface area contributed by atoms with E-state index in [-0.39, 0.29) is 0 Å². The Labute approximate surface area is 124 Å². The molecule has 0 unspecified atom stereocenters. The van der Waals surface area contributed by atoms with Crippen LogP contribution in [0.15, 0.2) is 36.4 Å². The number of anilines is 1. The van der Waals surface area contributed by atoms with E-state index in [1.165, 1.54) is 12.8 Å². The van der Waals surface area contributed by atoms with Crippen LogP contribution >= 0.6 is 0 Å². The highest BCUT2D eigenvalue weighted by molar-refractivity contribution is 5.38. The molecule has 0 amide bonds. The molecule has 1 aromatic heterocycles. The quantitative estimate of drug-likeness (QED) is 0.793. The molecule has 5 heteroatoms. The van der Waals surface area contributed by atoms with Gasteiger partial charge in [0, 0.05) is 19.0 Å². The van der Waals surface area contributed by atoms with Gasteiger partial charge in [0.15, 0.2) is 0 Å². The molecule has 1 aromatic carbocycles. The number of nitrogens with zero attached hydrogens (tertiary/aromatic N) is 2. The number of benzene rings is 1. The number of aromatic nitrogens is 2. The number of hydrogen-bond donors (Lipinski definition) is 1. The maximum absolute atomic E-state index is 5.67. The van der Waals surface area contributed by atoms with Crippen molar-refractivity contribution in [2.24, 2.45) is 0 Å². The van der Waals surface area contributed by atoms with Crippen LogP contribution in [0.1, 0.15) is 24.6 Å². The summed E-state index contributed by atoms with van der Waals surface area (Å²) in [7, 11) is 1.85. The summed E-state index contributed by atoms with van der Waals surface area (Å²) in [4.78, 5) is 8.92. The molecule has 5 nitrogen and oxygen atoms in total. The topological polar surface area (TPSA) is 56.3 Å². The Balaban J connectivity index is 1.53. The lowest BCUT2D eigenvalue weighted by Crippen LogP contribution is -2.11. The van der Waals surface area contributed by atoms with E-state index in [9.17, 15) is 0 Å². The molecule has 1 heterocycles. The van der Waals surface area contributed by atoms with E-state index in [0.29, 0.717) is 25.0 Å². The molecule has 0 atom stereocenters. The molecule has 0 spiro atoms. The fourth-order valence-corrected chi connectivity index (χ4v) is 1.99. The molecule has 110 valence electrons. The molecular weight excluding hydrogens is 266 g/mol. The van der Waals surface area contributed by atoms with Crippen LogP contribution in [0.2, 0.25) is 0 Å². The van der Waals surface area contributed by atoms with Gasteiger partial charge in [-0.2, -0.15) is 4.98 Å². The van der Waals surface area contributed by atoms with Crippen LogP contribution in [0.5, 0.6) is 11.6 Å². The first kappa shape index (κ1) is 13.7. The zero-order chi connectivity index (χ0) is 14.5. The van der Waals surface area contributed by atoms with Gasteiger partial charge in [0.1, 0.15) is 30.6 Å². The minimum absolute atomic E-state index is 0.458. The lowest BCUT2D eigenvalue weighted by atomic mass is 10.3. The fourth-order valence-electron chi connectivity index (χ4n) is 1.99. The van der Waals surface area contributed by atoms with Crippen molar-refractivity contribution in [2.75, 3.05) is 25.6 Å². The van der Waals surface area contributed by atoms with Gasteiger partial charge in [-0.25, -0.2) is 4.98 Å². The third kappa shape index (κ3) is 3.84. The SMILES string of the molecule is CNc1cc(OCCOc2ccccc2)nc(C2CC2)n1. The summed E-state index contributed by atoms with van der Waals surface area (Å²) in [5, 5.41) is 3.04. The maximum Gasteiger partial charge on any atom is 0.218 e. The summed E-state index contributed by atoms with van der Waals surface area (Å²) in [5.74, 6) is 3.62. The molecule has 0 bridgehead atoms. The number of hydrogen-bond acceptors (Lipinski definition) is 5. The molecular formula is C16H19N3O2. The highest BCUT2D eigenvalue weighted by atomic mass is 16.5. The number of para-hydroxylation sites is 1. The van der Waals surface area contributed by atoms with E-state index in [1.54, 1.807) is 0 Å². The van der Waals surface area contributed by atoms with Crippen LogP contribution in [0.25, 0.3) is 0 Å². The van der Waals surface area contributed by atoms with E-state index in [2.05, 4.69) is 15.3 Å². The van der Waals surface area contributed by atoms with Crippen LogP contribution in [0, 0.1) is 0 Å². The first-order valence-electron chi connectivity index (χ1n) is 7.22. The summed E-state index contributed by atoms with van der Waals surface area (Å²) < 4.78 is 11.3. The van der Waals surface area contributed by atoms with Crippen LogP contribution in [0.4, 0.5) is 5.82 Å². The lowest BCUT2D eigenvalue weighted by Gasteiger charge is -2.10. The van der Waals surface area contributed by atoms with Crippen LogP contribution < -0.4 is 14.8 Å². The van der Waals surface area contributed by atoms with E-state index in [4.69, 9.17) is 9.47 Å². The number of rotatable bonds is 7. The number of ether oxygens (including phenoxy) is 2. The van der Waals surface area contributed by atoms with Gasteiger partial charge >= 0.3 is 0 Å². The molecule has 1 aliphatic carbocycles. The Hall–Kier alpha value is -2.30. The van der Waals surface area contributed by atoms with Gasteiger partial charge in [0.2, 0.25) is 5.88 Å². The molecule has 21 heavy (non-hydrogen) atoms. The molecule has 0 saturated heterocycles. The Bertz CT molecular complexity index is 585. The summed E-state index contributed by atoms with van der Waals surface area (Å²) >= 11 is 0. The van der Waals surface area contributed by atoms with Gasteiger partial charge in [-0.1, -0.05) is 18.2 Å². The van der Waals surface area contributed by atoms with Gasteiger partial charge in [-0.15, -0.1) is 0 Å². The number of nitrogens with one attached hydrogen (secondary N) is 1. The third-order valence-corrected chi connectivity index (χ3v) is 3.26. The predicted octanol–water partition coefficient (Wildman–Crippen LogP) is 2.85. The second-order valence-corrected chi connectivity index (χ2v) is 4.98. The summed E-state index contributed by atoms with van der Waals surface area (Å²) in [6.07, 6.45) is 2.34. The Morgan fingerprint density at radius 1 is 1.10 bits per heavy atom. The van der Waals surface area contributed by atoms with Crippen molar-refractivity contribution in [3.63, 3.8) is 0 Å². The summed E-state index contributed by atoms with van der Waals surface area (Å²) in [6, 6.07) is 11.5. The molecule has 1 saturated carbocycles. The lowest BCUT2D eigenvalue weighted by molar-refractivity contribution is 0.211. The van der Waals surface area contributed by atoms with Crippen molar-refractivity contribution in [2.45, 2.75) is 18.8 Å². The Morgan fingerprint density at radius 2 is 1.86 bits per heavy atom. The Kier molecular flexibility index (Phi) is 4.19. The van der Waals surface area contributed by atoms with Crippen molar-refractivity contribution >= 4 is 5.82 Å². The van der Waals surface area contributed by atoms with Crippen molar-refractivity contribution in [3.8, 4) is 11.6 Å². The van der Waals surface area contributed by atoms with Gasteiger partial charge in [0.05, 0.1) is 0 Å². The normalized spacial score (nSPS) is 13.8. The monoisotopic (exact) mass is 285 g/mol. The summed E-state index contributed by atoms with van der Waals surface area (Å²) in [5.41, 5.74) is 0. The van der Waals surface area contributed by atoms with Crippen LogP contribution in [-0.4, -0.2) is 30.2 Å². The maximum atomic E-state index is 5.67. The minimum Gasteiger partial charge on any atom is -0.490 e. The highest BCUT2D eigenvalue weighted by Crippen LogP contribution is 2.39. The second-order valence-electron chi connectivity index (χ2n) is 4.98. The zero-order valence-corrected chi connectivity index (χ0v) is 12.1. The first-order valence-corrected chi connectivity index (χ1v) is 7.22. The highest BCUT2D eigenvalue weighted by Gasteiger charge is 2.27. The van der Waals surface area contributed by atoms with Gasteiger partial charge in [-0.05, 0) is 25.0 Å². The van der Waals surface area contributed by atoms with Crippen molar-refractivity contribution < 1.29 is 9.47 Å². The zero-order valence-electron chi connectivity index (χ0n) is 12.1. The smallest absolute Gasteiger partial charge is 0.218 e. The standard InChI is InChI=1S/C16H19N3O2/c1-17-14-11-15(19-16(18-14)12-7-8-12)21-10-9-20-13-5-3-2-4-6-13/h2-6,11-12H,7-10H2,1H3,(H,17,18,19). The molecule has 2 aromatic rings. The Morgan fingerprint density at radius 3 is 2.57 bits per heavy atom. The molecule has 1 aliphatic rings. The third-order valence-electron chi connectivity index (χ3n) is 3.26. The average Bonchev–Trinajstić information content (AvgIpc) is 3.37. The predicted molar refractivity (Wildman–Crippen MR) is 81.0 cm³/mol. The van der Waals surface area contributed by atoms with Gasteiger partial charge in [0.25, 0.3) is 0 Å². The van der Waals surface area contributed by atoms with E-state index in [1.807, 2.05) is 43.4 Å². The largest absolute Gasteiger partial charge is 0.490 e. The molecule has 3 rings (SSSR count). The van der Waals surface area contributed by atoms with Crippen molar-refractivity contribution in [3.05, 3.63) is 42.2 Å². The van der Waals surface area contributed by atoms with Crippen molar-refractivity contribution in [1.29, 1.82) is 0 Å². The van der Waals surface area contributed by atoms with Crippen LogP contribution in [0.3, 0.4) is 0 Å². The second kappa shape index (κ2) is 6.43. The molecule has 1 fully saturated rings. The van der Waals surface area contributed by atoms with Crippen molar-refractivity contribution in [1.82, 2.24) is 9.97 Å². The average molecular weight is 285 g/mol. The molecule has 0 radical (unpaired) electrons. The fraction of sp³-hybridized carbons (Fsp3) is 0.375. The molecule has 0 aliphatic heterocycles. The van der Waals surface area contributed by atoms with Gasteiger partial charge in [-0.3, -0.25) is 0 Å². The van der Waals surface area contributed by atoms with E-state index in [0.717, 1.165) is 17.4 Å². The summed E-state index contributed by atoms with van der Waals surface area (Å²) in [6.45, 7) is 0.945. The minimum atomic E-state index is 0.458. The molecule has 1 N–H and O–H groups in total. The van der Waals surface area contributed by atoms with Gasteiger partial charge < -0.3 is 14.8 Å². The van der Waals surface area contributed by atoms with E-state index >= 15 is 0 Å².